The number of imidazole rings is 1. The molecule has 2 N–H and O–H groups in total. The van der Waals surface area contributed by atoms with Gasteiger partial charge in [-0.15, -0.1) is 0 Å². The van der Waals surface area contributed by atoms with Crippen LogP contribution in [0, 0.1) is 0 Å². The fourth-order valence-electron chi connectivity index (χ4n) is 2.80. The van der Waals surface area contributed by atoms with E-state index in [2.05, 4.69) is 24.8 Å². The molecule has 2 aliphatic rings. The first-order valence-electron chi connectivity index (χ1n) is 7.11. The second-order valence-corrected chi connectivity index (χ2v) is 5.69. The number of fused-ring (bicyclic) bond motifs is 1. The lowest BCUT2D eigenvalue weighted by Gasteiger charge is -2.27. The summed E-state index contributed by atoms with van der Waals surface area (Å²) in [6.07, 6.45) is 6.69. The van der Waals surface area contributed by atoms with E-state index in [0.717, 1.165) is 55.1 Å². The van der Waals surface area contributed by atoms with Crippen molar-refractivity contribution in [3.05, 3.63) is 45.7 Å². The zero-order chi connectivity index (χ0) is 13.5. The third-order valence-corrected chi connectivity index (χ3v) is 4.08. The van der Waals surface area contributed by atoms with Crippen LogP contribution < -0.4 is 5.56 Å². The highest BCUT2D eigenvalue weighted by atomic mass is 16.1. The second-order valence-electron chi connectivity index (χ2n) is 5.69. The minimum atomic E-state index is 0.0474. The van der Waals surface area contributed by atoms with Gasteiger partial charge in [0, 0.05) is 43.9 Å². The molecule has 0 unspecified atom stereocenters. The summed E-state index contributed by atoms with van der Waals surface area (Å²) in [6.45, 7) is 2.40. The molecule has 1 aliphatic heterocycles. The first kappa shape index (κ1) is 11.8. The van der Waals surface area contributed by atoms with Crippen molar-refractivity contribution in [2.45, 2.75) is 38.3 Å². The molecule has 4 rings (SSSR count). The van der Waals surface area contributed by atoms with Gasteiger partial charge in [0.1, 0.15) is 5.82 Å². The third kappa shape index (κ3) is 2.16. The lowest BCUT2D eigenvalue weighted by atomic mass is 10.1. The minimum Gasteiger partial charge on any atom is -0.347 e. The fourth-order valence-corrected chi connectivity index (χ4v) is 2.80. The molecule has 6 heteroatoms. The second kappa shape index (κ2) is 4.56. The zero-order valence-electron chi connectivity index (χ0n) is 11.2. The van der Waals surface area contributed by atoms with E-state index >= 15 is 0 Å². The summed E-state index contributed by atoms with van der Waals surface area (Å²) in [7, 11) is 0. The molecular weight excluding hydrogens is 254 g/mol. The molecule has 0 spiro atoms. The number of hydrogen-bond acceptors (Lipinski definition) is 4. The average Bonchev–Trinajstić information content (AvgIpc) is 3.18. The Morgan fingerprint density at radius 3 is 3.05 bits per heavy atom. The number of nitrogens with one attached hydrogen (secondary N) is 2. The number of aromatic nitrogens is 4. The number of H-pyrrole nitrogens is 2. The van der Waals surface area contributed by atoms with Gasteiger partial charge in [-0.05, 0) is 12.8 Å². The van der Waals surface area contributed by atoms with Gasteiger partial charge in [0.05, 0.1) is 17.6 Å². The summed E-state index contributed by atoms with van der Waals surface area (Å²) in [5.74, 6) is 1.40. The highest BCUT2D eigenvalue weighted by Gasteiger charge is 2.29. The Hall–Kier alpha value is -1.95. The van der Waals surface area contributed by atoms with E-state index in [1.807, 2.05) is 6.20 Å². The Bertz CT molecular complexity index is 671. The minimum absolute atomic E-state index is 0.0474. The Labute approximate surface area is 116 Å². The van der Waals surface area contributed by atoms with E-state index in [0.29, 0.717) is 12.5 Å². The molecule has 6 nitrogen and oxygen atoms in total. The van der Waals surface area contributed by atoms with Crippen LogP contribution in [-0.4, -0.2) is 31.4 Å². The molecule has 2 aromatic heterocycles. The van der Waals surface area contributed by atoms with Gasteiger partial charge >= 0.3 is 0 Å². The molecule has 2 aromatic rings. The highest BCUT2D eigenvalue weighted by molar-refractivity contribution is 5.23. The first-order valence-corrected chi connectivity index (χ1v) is 7.11. The molecule has 0 aromatic carbocycles. The Kier molecular flexibility index (Phi) is 2.70. The third-order valence-electron chi connectivity index (χ3n) is 4.08. The summed E-state index contributed by atoms with van der Waals surface area (Å²) in [5.41, 5.74) is 2.95. The SMILES string of the molecule is O=c1[nH]c(C2CC2)nc2c1CN(Cc1cnc[nH]1)CC2. The van der Waals surface area contributed by atoms with E-state index in [1.165, 1.54) is 0 Å². The van der Waals surface area contributed by atoms with E-state index in [4.69, 9.17) is 0 Å². The van der Waals surface area contributed by atoms with Crippen LogP contribution in [0.15, 0.2) is 17.3 Å². The van der Waals surface area contributed by atoms with Crippen molar-refractivity contribution in [2.24, 2.45) is 0 Å². The summed E-state index contributed by atoms with van der Waals surface area (Å²) >= 11 is 0. The van der Waals surface area contributed by atoms with Crippen LogP contribution in [0.2, 0.25) is 0 Å². The van der Waals surface area contributed by atoms with Gasteiger partial charge in [-0.25, -0.2) is 9.97 Å². The quantitative estimate of drug-likeness (QED) is 0.870. The Morgan fingerprint density at radius 2 is 2.30 bits per heavy atom. The molecule has 0 bridgehead atoms. The summed E-state index contributed by atoms with van der Waals surface area (Å²) in [5, 5.41) is 0. The van der Waals surface area contributed by atoms with Crippen LogP contribution in [-0.2, 0) is 19.5 Å². The van der Waals surface area contributed by atoms with E-state index in [9.17, 15) is 4.79 Å². The van der Waals surface area contributed by atoms with Gasteiger partial charge in [-0.2, -0.15) is 0 Å². The lowest BCUT2D eigenvalue weighted by molar-refractivity contribution is 0.239. The van der Waals surface area contributed by atoms with Crippen LogP contribution in [0.4, 0.5) is 0 Å². The maximum atomic E-state index is 12.2. The maximum Gasteiger partial charge on any atom is 0.255 e. The molecule has 0 atom stereocenters. The van der Waals surface area contributed by atoms with Gasteiger partial charge in [0.15, 0.2) is 0 Å². The first-order chi connectivity index (χ1) is 9.79. The van der Waals surface area contributed by atoms with Gasteiger partial charge in [-0.3, -0.25) is 9.69 Å². The van der Waals surface area contributed by atoms with Gasteiger partial charge < -0.3 is 9.97 Å². The number of nitrogens with zero attached hydrogens (tertiary/aromatic N) is 3. The van der Waals surface area contributed by atoms with Crippen molar-refractivity contribution >= 4 is 0 Å². The molecule has 20 heavy (non-hydrogen) atoms. The van der Waals surface area contributed by atoms with E-state index in [1.54, 1.807) is 6.33 Å². The number of aromatic amines is 2. The molecule has 0 amide bonds. The predicted octanol–water partition coefficient (Wildman–Crippen LogP) is 0.929. The molecule has 3 heterocycles. The molecule has 1 fully saturated rings. The van der Waals surface area contributed by atoms with Crippen molar-refractivity contribution < 1.29 is 0 Å². The summed E-state index contributed by atoms with van der Waals surface area (Å²) in [4.78, 5) is 29.2. The van der Waals surface area contributed by atoms with Crippen LogP contribution in [0.1, 0.15) is 41.5 Å². The largest absolute Gasteiger partial charge is 0.347 e. The van der Waals surface area contributed by atoms with Gasteiger partial charge in [-0.1, -0.05) is 0 Å². The normalized spacial score (nSPS) is 19.0. The zero-order valence-corrected chi connectivity index (χ0v) is 11.2. The smallest absolute Gasteiger partial charge is 0.255 e. The average molecular weight is 271 g/mol. The van der Waals surface area contributed by atoms with E-state index < -0.39 is 0 Å². The van der Waals surface area contributed by atoms with Crippen molar-refractivity contribution in [3.8, 4) is 0 Å². The fraction of sp³-hybridized carbons (Fsp3) is 0.500. The van der Waals surface area contributed by atoms with Gasteiger partial charge in [0.25, 0.3) is 5.56 Å². The van der Waals surface area contributed by atoms with Gasteiger partial charge in [0.2, 0.25) is 0 Å². The topological polar surface area (TPSA) is 77.7 Å². The number of rotatable bonds is 3. The predicted molar refractivity (Wildman–Crippen MR) is 73.2 cm³/mol. The lowest BCUT2D eigenvalue weighted by Crippen LogP contribution is -2.35. The molecule has 0 radical (unpaired) electrons. The van der Waals surface area contributed by atoms with E-state index in [-0.39, 0.29) is 5.56 Å². The summed E-state index contributed by atoms with van der Waals surface area (Å²) < 4.78 is 0. The Balaban J connectivity index is 1.58. The van der Waals surface area contributed by atoms with Crippen molar-refractivity contribution in [1.29, 1.82) is 0 Å². The van der Waals surface area contributed by atoms with Crippen LogP contribution in [0.25, 0.3) is 0 Å². The van der Waals surface area contributed by atoms with Crippen molar-refractivity contribution in [1.82, 2.24) is 24.8 Å². The summed E-state index contributed by atoms with van der Waals surface area (Å²) in [6, 6.07) is 0. The molecular formula is C14H17N5O. The Morgan fingerprint density at radius 1 is 1.40 bits per heavy atom. The van der Waals surface area contributed by atoms with Crippen LogP contribution in [0.5, 0.6) is 0 Å². The molecule has 104 valence electrons. The van der Waals surface area contributed by atoms with Crippen LogP contribution >= 0.6 is 0 Å². The molecule has 0 saturated heterocycles. The standard InChI is InChI=1S/C14H17N5O/c20-14-11-7-19(6-10-5-15-8-16-10)4-3-12(11)17-13(18-14)9-1-2-9/h5,8-9H,1-4,6-7H2,(H,15,16)(H,17,18,20). The monoisotopic (exact) mass is 271 g/mol. The number of hydrogen-bond donors (Lipinski definition) is 2. The molecule has 1 aliphatic carbocycles. The van der Waals surface area contributed by atoms with Crippen LogP contribution in [0.3, 0.4) is 0 Å². The molecule has 1 saturated carbocycles. The van der Waals surface area contributed by atoms with Crippen molar-refractivity contribution in [2.75, 3.05) is 6.54 Å². The van der Waals surface area contributed by atoms with Crippen molar-refractivity contribution in [3.63, 3.8) is 0 Å². The highest BCUT2D eigenvalue weighted by Crippen LogP contribution is 2.37. The maximum absolute atomic E-state index is 12.2.